The van der Waals surface area contributed by atoms with Gasteiger partial charge in [-0.3, -0.25) is 19.2 Å². The minimum Gasteiger partial charge on any atom is -0.382 e. The minimum absolute atomic E-state index is 0.0481. The largest absolute Gasteiger partial charge is 0.382 e. The van der Waals surface area contributed by atoms with Crippen molar-refractivity contribution < 1.29 is 95.0 Å². The summed E-state index contributed by atoms with van der Waals surface area (Å²) in [6.45, 7) is 13.1. The molecule has 0 radical (unpaired) electrons. The summed E-state index contributed by atoms with van der Waals surface area (Å²) in [5, 5.41) is 5.43. The molecule has 0 aromatic carbocycles. The molecule has 26 heteroatoms. The molecule has 0 aliphatic rings. The third-order valence-corrected chi connectivity index (χ3v) is 9.15. The van der Waals surface area contributed by atoms with Gasteiger partial charge in [-0.15, -0.1) is 0 Å². The van der Waals surface area contributed by atoms with Crippen molar-refractivity contribution in [3.05, 3.63) is 22.8 Å². The first-order chi connectivity index (χ1) is 35.3. The fraction of sp³-hybridized carbons (Fsp3) is 0.826. The standard InChI is InChI=1S/C46H84N6O20/c1-57-11-13-61-19-21-65-27-29-69-35-37-71-33-31-67-25-23-63-17-15-59-9-5-41(53)49-7-3-39-43(45(47)55)52-40(44(51-39)46(48)56)4-8-50-42(54)6-10-60-16-18-64-24-26-68-32-34-72-38-36-70-30-28-66-22-20-62-14-12-58-2/h3-38H2,1-2H3,(H2,47,55)(H2,48,56)(H,49,53)(H,50,54). The number of hydrogen-bond donors (Lipinski definition) is 4. The van der Waals surface area contributed by atoms with E-state index in [1.54, 1.807) is 14.2 Å². The molecule has 1 rings (SSSR count). The zero-order chi connectivity index (χ0) is 52.2. The number of carbonyl (C=O) groups is 4. The highest BCUT2D eigenvalue weighted by Gasteiger charge is 2.20. The SMILES string of the molecule is COCCOCCOCCOCCOCCOCCOCCOCCC(=O)NCCc1nc(C(N)=O)c(CCNC(=O)CCOCCOCCOCCOCCOCCOCCOCCOC)nc1C(N)=O. The van der Waals surface area contributed by atoms with Crippen molar-refractivity contribution in [2.75, 3.05) is 226 Å². The number of amides is 4. The van der Waals surface area contributed by atoms with Crippen LogP contribution in [0.2, 0.25) is 0 Å². The van der Waals surface area contributed by atoms with Crippen LogP contribution in [0.15, 0.2) is 0 Å². The van der Waals surface area contributed by atoms with Crippen molar-refractivity contribution in [1.29, 1.82) is 0 Å². The molecule has 418 valence electrons. The van der Waals surface area contributed by atoms with E-state index in [0.29, 0.717) is 185 Å². The number of carbonyl (C=O) groups excluding carboxylic acids is 4. The molecule has 6 N–H and O–H groups in total. The van der Waals surface area contributed by atoms with Crippen LogP contribution in [0.1, 0.15) is 45.2 Å². The Bertz CT molecular complexity index is 1370. The number of nitrogens with one attached hydrogen (secondary N) is 2. The van der Waals surface area contributed by atoms with Crippen LogP contribution >= 0.6 is 0 Å². The van der Waals surface area contributed by atoms with Crippen LogP contribution in [0.25, 0.3) is 0 Å². The number of nitrogens with zero attached hydrogens (tertiary/aromatic N) is 2. The van der Waals surface area contributed by atoms with Crippen LogP contribution in [0.3, 0.4) is 0 Å². The van der Waals surface area contributed by atoms with Gasteiger partial charge < -0.3 is 97.9 Å². The first-order valence-corrected chi connectivity index (χ1v) is 24.4. The number of primary amides is 2. The molecule has 1 heterocycles. The summed E-state index contributed by atoms with van der Waals surface area (Å²) in [5.74, 6) is -2.35. The van der Waals surface area contributed by atoms with Crippen molar-refractivity contribution in [1.82, 2.24) is 20.6 Å². The van der Waals surface area contributed by atoms with Gasteiger partial charge in [0.25, 0.3) is 11.8 Å². The smallest absolute Gasteiger partial charge is 0.269 e. The van der Waals surface area contributed by atoms with Gasteiger partial charge in [0.1, 0.15) is 11.4 Å². The van der Waals surface area contributed by atoms with Crippen molar-refractivity contribution in [2.24, 2.45) is 11.5 Å². The second-order valence-electron chi connectivity index (χ2n) is 14.8. The Morgan fingerprint density at radius 1 is 0.333 bits per heavy atom. The van der Waals surface area contributed by atoms with E-state index in [0.717, 1.165) is 0 Å². The monoisotopic (exact) mass is 1040 g/mol. The average Bonchev–Trinajstić information content (AvgIpc) is 3.36. The highest BCUT2D eigenvalue weighted by molar-refractivity contribution is 5.95. The van der Waals surface area contributed by atoms with Gasteiger partial charge in [-0.05, 0) is 0 Å². The van der Waals surface area contributed by atoms with Crippen molar-refractivity contribution in [3.8, 4) is 0 Å². The topological polar surface area (TPSA) is 318 Å². The highest BCUT2D eigenvalue weighted by atomic mass is 16.6. The van der Waals surface area contributed by atoms with Gasteiger partial charge in [0.05, 0.1) is 210 Å². The normalized spacial score (nSPS) is 11.4. The summed E-state index contributed by atoms with van der Waals surface area (Å²) in [5.41, 5.74) is 11.0. The Kier molecular flexibility index (Phi) is 46.8. The lowest BCUT2D eigenvalue weighted by Crippen LogP contribution is -2.31. The summed E-state index contributed by atoms with van der Waals surface area (Å²) in [6.07, 6.45) is 0.258. The first-order valence-electron chi connectivity index (χ1n) is 24.4. The lowest BCUT2D eigenvalue weighted by Gasteiger charge is -2.13. The van der Waals surface area contributed by atoms with Crippen LogP contribution in [-0.2, 0) is 98.2 Å². The summed E-state index contributed by atoms with van der Waals surface area (Å²) in [7, 11) is 3.25. The van der Waals surface area contributed by atoms with Gasteiger partial charge in [0.2, 0.25) is 11.8 Å². The quantitative estimate of drug-likeness (QED) is 0.0528. The molecule has 0 atom stereocenters. The molecule has 72 heavy (non-hydrogen) atoms. The predicted octanol–water partition coefficient (Wildman–Crippen LogP) is -1.70. The van der Waals surface area contributed by atoms with Crippen molar-refractivity contribution >= 4 is 23.6 Å². The van der Waals surface area contributed by atoms with E-state index in [1.807, 2.05) is 0 Å². The number of hydrogen-bond acceptors (Lipinski definition) is 22. The first kappa shape index (κ1) is 66.3. The van der Waals surface area contributed by atoms with Crippen LogP contribution in [0, 0.1) is 0 Å². The molecule has 0 fully saturated rings. The van der Waals surface area contributed by atoms with Gasteiger partial charge in [-0.1, -0.05) is 0 Å². The maximum atomic E-state index is 12.4. The summed E-state index contributed by atoms with van der Waals surface area (Å²) < 4.78 is 85.8. The lowest BCUT2D eigenvalue weighted by molar-refractivity contribution is -0.123. The molecule has 26 nitrogen and oxygen atoms in total. The highest BCUT2D eigenvalue weighted by Crippen LogP contribution is 2.11. The Morgan fingerprint density at radius 2 is 0.528 bits per heavy atom. The fourth-order valence-electron chi connectivity index (χ4n) is 5.52. The van der Waals surface area contributed by atoms with E-state index in [4.69, 9.17) is 87.3 Å². The fourth-order valence-corrected chi connectivity index (χ4v) is 5.52. The van der Waals surface area contributed by atoms with Gasteiger partial charge in [0, 0.05) is 53.0 Å². The number of nitrogens with two attached hydrogens (primary N) is 2. The van der Waals surface area contributed by atoms with Crippen LogP contribution in [0.5, 0.6) is 0 Å². The Balaban J connectivity index is 2.06. The molecule has 4 amide bonds. The number of rotatable bonds is 56. The number of aromatic nitrogens is 2. The maximum Gasteiger partial charge on any atom is 0.269 e. The molecular formula is C46H84N6O20. The average molecular weight is 1040 g/mol. The molecular weight excluding hydrogens is 957 g/mol. The number of methoxy groups -OCH3 is 2. The van der Waals surface area contributed by atoms with Gasteiger partial charge in [-0.2, -0.15) is 0 Å². The van der Waals surface area contributed by atoms with Gasteiger partial charge in [0.15, 0.2) is 0 Å². The Morgan fingerprint density at radius 3 is 0.722 bits per heavy atom. The van der Waals surface area contributed by atoms with Gasteiger partial charge in [-0.25, -0.2) is 9.97 Å². The van der Waals surface area contributed by atoms with E-state index in [-0.39, 0.29) is 86.6 Å². The van der Waals surface area contributed by atoms with Crippen LogP contribution in [-0.4, -0.2) is 259 Å². The Labute approximate surface area is 423 Å². The zero-order valence-corrected chi connectivity index (χ0v) is 42.7. The summed E-state index contributed by atoms with van der Waals surface area (Å²) >= 11 is 0. The number of ether oxygens (including phenoxy) is 16. The van der Waals surface area contributed by atoms with Crippen molar-refractivity contribution in [2.45, 2.75) is 25.7 Å². The van der Waals surface area contributed by atoms with E-state index in [2.05, 4.69) is 20.6 Å². The van der Waals surface area contributed by atoms with Gasteiger partial charge >= 0.3 is 0 Å². The van der Waals surface area contributed by atoms with E-state index in [1.165, 1.54) is 0 Å². The minimum atomic E-state index is -0.875. The van der Waals surface area contributed by atoms with Crippen LogP contribution in [0.4, 0.5) is 0 Å². The van der Waals surface area contributed by atoms with Crippen LogP contribution < -0.4 is 22.1 Å². The molecule has 1 aromatic rings. The lowest BCUT2D eigenvalue weighted by atomic mass is 10.1. The van der Waals surface area contributed by atoms with E-state index >= 15 is 0 Å². The molecule has 0 aliphatic heterocycles. The molecule has 0 bridgehead atoms. The molecule has 1 aromatic heterocycles. The van der Waals surface area contributed by atoms with E-state index < -0.39 is 11.8 Å². The molecule has 0 saturated heterocycles. The summed E-state index contributed by atoms with van der Waals surface area (Å²) in [4.78, 5) is 57.8. The van der Waals surface area contributed by atoms with Crippen molar-refractivity contribution in [3.63, 3.8) is 0 Å². The molecule has 0 saturated carbocycles. The molecule has 0 aliphatic carbocycles. The summed E-state index contributed by atoms with van der Waals surface area (Å²) in [6, 6.07) is 0. The molecule has 0 unspecified atom stereocenters. The third-order valence-electron chi connectivity index (χ3n) is 9.15. The predicted molar refractivity (Wildman–Crippen MR) is 257 cm³/mol. The second kappa shape index (κ2) is 50.8. The Hall–Kier alpha value is -3.68. The second-order valence-corrected chi connectivity index (χ2v) is 14.8. The van der Waals surface area contributed by atoms with E-state index in [9.17, 15) is 19.2 Å². The molecule has 0 spiro atoms. The third kappa shape index (κ3) is 41.8. The maximum absolute atomic E-state index is 12.4. The zero-order valence-electron chi connectivity index (χ0n) is 42.7.